The van der Waals surface area contributed by atoms with E-state index in [1.165, 1.54) is 25.3 Å². The summed E-state index contributed by atoms with van der Waals surface area (Å²) in [6.07, 6.45) is -0.664. The Kier molecular flexibility index (Phi) is 3.90. The maximum absolute atomic E-state index is 13.5. The van der Waals surface area contributed by atoms with Gasteiger partial charge in [-0.2, -0.15) is 0 Å². The van der Waals surface area contributed by atoms with E-state index in [0.29, 0.717) is 17.9 Å². The van der Waals surface area contributed by atoms with Crippen molar-refractivity contribution in [2.24, 2.45) is 0 Å². The second kappa shape index (κ2) is 5.84. The lowest BCUT2D eigenvalue weighted by Gasteiger charge is -2.30. The summed E-state index contributed by atoms with van der Waals surface area (Å²) in [6, 6.07) is 12.0. The first-order chi connectivity index (χ1) is 10.2. The van der Waals surface area contributed by atoms with Crippen LogP contribution in [0.25, 0.3) is 0 Å². The van der Waals surface area contributed by atoms with Gasteiger partial charge < -0.3 is 14.6 Å². The summed E-state index contributed by atoms with van der Waals surface area (Å²) in [6.45, 7) is 0.538. The van der Waals surface area contributed by atoms with Crippen molar-refractivity contribution in [2.45, 2.75) is 18.6 Å². The van der Waals surface area contributed by atoms with Crippen LogP contribution < -0.4 is 4.74 Å². The smallest absolute Gasteiger partial charge is 0.124 e. The van der Waals surface area contributed by atoms with Crippen LogP contribution in [-0.2, 0) is 11.2 Å². The normalized spacial score (nSPS) is 18.9. The minimum Gasteiger partial charge on any atom is -0.496 e. The van der Waals surface area contributed by atoms with Gasteiger partial charge in [0.1, 0.15) is 23.8 Å². The fourth-order valence-electron chi connectivity index (χ4n) is 2.79. The molecule has 2 aromatic rings. The van der Waals surface area contributed by atoms with E-state index in [2.05, 4.69) is 0 Å². The van der Waals surface area contributed by atoms with E-state index in [4.69, 9.17) is 9.47 Å². The molecule has 0 saturated carbocycles. The molecule has 0 amide bonds. The largest absolute Gasteiger partial charge is 0.496 e. The van der Waals surface area contributed by atoms with Gasteiger partial charge in [0, 0.05) is 5.56 Å². The van der Waals surface area contributed by atoms with Crippen LogP contribution in [0, 0.1) is 5.82 Å². The summed E-state index contributed by atoms with van der Waals surface area (Å²) < 4.78 is 24.4. The zero-order valence-electron chi connectivity index (χ0n) is 11.8. The van der Waals surface area contributed by atoms with Crippen LogP contribution in [0.15, 0.2) is 42.5 Å². The van der Waals surface area contributed by atoms with Gasteiger partial charge in [-0.3, -0.25) is 0 Å². The number of ether oxygens (including phenoxy) is 2. The number of hydrogen-bond donors (Lipinski definition) is 1. The summed E-state index contributed by atoms with van der Waals surface area (Å²) in [7, 11) is 1.50. The minimum absolute atomic E-state index is 0.402. The number of aliphatic hydroxyl groups excluding tert-OH is 1. The highest BCUT2D eigenvalue weighted by atomic mass is 19.1. The highest BCUT2D eigenvalue weighted by Gasteiger charge is 2.30. The van der Waals surface area contributed by atoms with Crippen LogP contribution in [0.3, 0.4) is 0 Å². The first-order valence-corrected chi connectivity index (χ1v) is 6.91. The van der Waals surface area contributed by atoms with E-state index in [1.54, 1.807) is 0 Å². The lowest BCUT2D eigenvalue weighted by Crippen LogP contribution is -2.22. The Balaban J connectivity index is 2.00. The third kappa shape index (κ3) is 2.64. The van der Waals surface area contributed by atoms with E-state index < -0.39 is 18.0 Å². The number of halogens is 1. The summed E-state index contributed by atoms with van der Waals surface area (Å²) in [5.41, 5.74) is 2.50. The van der Waals surface area contributed by atoms with Gasteiger partial charge in [0.25, 0.3) is 0 Å². The Bertz CT molecular complexity index is 642. The molecular formula is C17H17FO3. The Labute approximate surface area is 122 Å². The van der Waals surface area contributed by atoms with E-state index in [0.717, 1.165) is 17.5 Å². The zero-order valence-corrected chi connectivity index (χ0v) is 11.8. The highest BCUT2D eigenvalue weighted by molar-refractivity contribution is 5.39. The van der Waals surface area contributed by atoms with Gasteiger partial charge in [0.2, 0.25) is 0 Å². The number of aliphatic hydroxyl groups is 1. The number of methoxy groups -OCH3 is 1. The van der Waals surface area contributed by atoms with Crippen molar-refractivity contribution >= 4 is 0 Å². The van der Waals surface area contributed by atoms with Crippen LogP contribution in [0.2, 0.25) is 0 Å². The molecule has 0 radical (unpaired) electrons. The van der Waals surface area contributed by atoms with Crippen molar-refractivity contribution in [3.63, 3.8) is 0 Å². The van der Waals surface area contributed by atoms with Crippen LogP contribution >= 0.6 is 0 Å². The van der Waals surface area contributed by atoms with Crippen molar-refractivity contribution in [3.05, 3.63) is 65.0 Å². The van der Waals surface area contributed by atoms with E-state index in [-0.39, 0.29) is 0 Å². The average Bonchev–Trinajstić information content (AvgIpc) is 2.53. The lowest BCUT2D eigenvalue weighted by molar-refractivity contribution is -0.0491. The van der Waals surface area contributed by atoms with Crippen LogP contribution in [-0.4, -0.2) is 18.8 Å². The average molecular weight is 288 g/mol. The molecule has 0 fully saturated rings. The summed E-state index contributed by atoms with van der Waals surface area (Å²) in [4.78, 5) is 0. The maximum Gasteiger partial charge on any atom is 0.124 e. The topological polar surface area (TPSA) is 38.7 Å². The fourth-order valence-corrected chi connectivity index (χ4v) is 2.79. The molecule has 0 spiro atoms. The molecule has 1 aliphatic rings. The Hall–Kier alpha value is -1.91. The first kappa shape index (κ1) is 14.0. The Morgan fingerprint density at radius 1 is 1.29 bits per heavy atom. The number of benzene rings is 2. The molecule has 1 heterocycles. The highest BCUT2D eigenvalue weighted by Crippen LogP contribution is 2.40. The zero-order chi connectivity index (χ0) is 14.8. The predicted molar refractivity (Wildman–Crippen MR) is 76.8 cm³/mol. The van der Waals surface area contributed by atoms with Crippen LogP contribution in [0.5, 0.6) is 5.75 Å². The van der Waals surface area contributed by atoms with Crippen molar-refractivity contribution in [1.29, 1.82) is 0 Å². The van der Waals surface area contributed by atoms with E-state index >= 15 is 0 Å². The molecule has 2 aromatic carbocycles. The van der Waals surface area contributed by atoms with Gasteiger partial charge in [-0.25, -0.2) is 4.39 Å². The second-order valence-electron chi connectivity index (χ2n) is 5.07. The molecule has 3 rings (SSSR count). The van der Waals surface area contributed by atoms with Crippen LogP contribution in [0.4, 0.5) is 4.39 Å². The fraction of sp³-hybridized carbons (Fsp3) is 0.294. The third-order valence-electron chi connectivity index (χ3n) is 3.83. The van der Waals surface area contributed by atoms with Crippen molar-refractivity contribution in [3.8, 4) is 5.75 Å². The molecule has 1 N–H and O–H groups in total. The molecule has 4 heteroatoms. The molecule has 21 heavy (non-hydrogen) atoms. The molecule has 3 nitrogen and oxygen atoms in total. The summed E-state index contributed by atoms with van der Waals surface area (Å²) >= 11 is 0. The van der Waals surface area contributed by atoms with Crippen molar-refractivity contribution in [2.75, 3.05) is 13.7 Å². The monoisotopic (exact) mass is 288 g/mol. The Morgan fingerprint density at radius 2 is 2.10 bits per heavy atom. The molecule has 0 aliphatic carbocycles. The Morgan fingerprint density at radius 3 is 2.90 bits per heavy atom. The maximum atomic E-state index is 13.5. The standard InChI is InChI=1S/C17H17FO3/c1-20-15-7-6-12(18)10-14(15)16(19)17-13-5-3-2-4-11(13)8-9-21-17/h2-7,10,16-17,19H,8-9H2,1H3. The van der Waals surface area contributed by atoms with Crippen molar-refractivity contribution < 1.29 is 19.0 Å². The molecule has 0 aromatic heterocycles. The first-order valence-electron chi connectivity index (χ1n) is 6.91. The third-order valence-corrected chi connectivity index (χ3v) is 3.83. The van der Waals surface area contributed by atoms with E-state index in [1.807, 2.05) is 24.3 Å². The molecular weight excluding hydrogens is 271 g/mol. The number of fused-ring (bicyclic) bond motifs is 1. The minimum atomic E-state index is -0.975. The van der Waals surface area contributed by atoms with Gasteiger partial charge in [-0.15, -0.1) is 0 Å². The van der Waals surface area contributed by atoms with E-state index in [9.17, 15) is 9.50 Å². The van der Waals surface area contributed by atoms with Gasteiger partial charge >= 0.3 is 0 Å². The molecule has 110 valence electrons. The summed E-state index contributed by atoms with van der Waals surface area (Å²) in [5.74, 6) is 0.0458. The quantitative estimate of drug-likeness (QED) is 0.942. The number of rotatable bonds is 3. The lowest BCUT2D eigenvalue weighted by atomic mass is 9.91. The van der Waals surface area contributed by atoms with Gasteiger partial charge in [0.05, 0.1) is 13.7 Å². The molecule has 0 bridgehead atoms. The predicted octanol–water partition coefficient (Wildman–Crippen LogP) is 3.18. The summed E-state index contributed by atoms with van der Waals surface area (Å²) in [5, 5.41) is 10.7. The molecule has 2 unspecified atom stereocenters. The van der Waals surface area contributed by atoms with Crippen molar-refractivity contribution in [1.82, 2.24) is 0 Å². The van der Waals surface area contributed by atoms with Gasteiger partial charge in [-0.1, -0.05) is 24.3 Å². The second-order valence-corrected chi connectivity index (χ2v) is 5.07. The SMILES string of the molecule is COc1ccc(F)cc1C(O)C1OCCc2ccccc21. The molecule has 1 aliphatic heterocycles. The number of hydrogen-bond acceptors (Lipinski definition) is 3. The molecule has 0 saturated heterocycles. The van der Waals surface area contributed by atoms with Gasteiger partial charge in [-0.05, 0) is 35.7 Å². The van der Waals surface area contributed by atoms with Gasteiger partial charge in [0.15, 0.2) is 0 Å². The van der Waals surface area contributed by atoms with Crippen LogP contribution in [0.1, 0.15) is 28.9 Å². The molecule has 2 atom stereocenters.